The van der Waals surface area contributed by atoms with Crippen molar-refractivity contribution >= 4 is 11.7 Å². The predicted molar refractivity (Wildman–Crippen MR) is 118 cm³/mol. The molecule has 156 valence electrons. The van der Waals surface area contributed by atoms with Crippen LogP contribution >= 0.6 is 0 Å². The molecule has 0 spiro atoms. The SMILES string of the molecule is Cc1cc(C)cc(NC(=O)N2CCN(Cc3c(-c4ccccc4)noc3C)CC2)c1. The Morgan fingerprint density at radius 1 is 1.00 bits per heavy atom. The molecule has 1 saturated heterocycles. The van der Waals surface area contributed by atoms with Crippen molar-refractivity contribution in [1.29, 1.82) is 0 Å². The summed E-state index contributed by atoms with van der Waals surface area (Å²) in [6.45, 7) is 9.84. The monoisotopic (exact) mass is 404 g/mol. The quantitative estimate of drug-likeness (QED) is 0.689. The minimum atomic E-state index is -0.0363. The van der Waals surface area contributed by atoms with Crippen molar-refractivity contribution in [2.75, 3.05) is 31.5 Å². The lowest BCUT2D eigenvalue weighted by Gasteiger charge is -2.34. The summed E-state index contributed by atoms with van der Waals surface area (Å²) in [6, 6.07) is 16.2. The Morgan fingerprint density at radius 3 is 2.33 bits per heavy atom. The summed E-state index contributed by atoms with van der Waals surface area (Å²) in [5.41, 5.74) is 6.24. The fraction of sp³-hybridized carbons (Fsp3) is 0.333. The molecule has 1 N–H and O–H groups in total. The second kappa shape index (κ2) is 8.71. The number of anilines is 1. The third kappa shape index (κ3) is 4.54. The van der Waals surface area contributed by atoms with Crippen molar-refractivity contribution in [1.82, 2.24) is 15.0 Å². The van der Waals surface area contributed by atoms with Gasteiger partial charge in [0, 0.05) is 49.5 Å². The van der Waals surface area contributed by atoms with Crippen LogP contribution in [-0.4, -0.2) is 47.2 Å². The van der Waals surface area contributed by atoms with Gasteiger partial charge in [-0.1, -0.05) is 41.6 Å². The first kappa shape index (κ1) is 20.2. The Hall–Kier alpha value is -3.12. The van der Waals surface area contributed by atoms with Gasteiger partial charge in [0.15, 0.2) is 0 Å². The molecule has 0 bridgehead atoms. The molecule has 0 unspecified atom stereocenters. The number of carbonyl (C=O) groups is 1. The molecule has 0 radical (unpaired) electrons. The van der Waals surface area contributed by atoms with Crippen molar-refractivity contribution < 1.29 is 9.32 Å². The minimum Gasteiger partial charge on any atom is -0.361 e. The maximum absolute atomic E-state index is 12.7. The van der Waals surface area contributed by atoms with Crippen LogP contribution in [0.25, 0.3) is 11.3 Å². The largest absolute Gasteiger partial charge is 0.361 e. The van der Waals surface area contributed by atoms with E-state index in [-0.39, 0.29) is 6.03 Å². The number of hydrogen-bond acceptors (Lipinski definition) is 4. The Kier molecular flexibility index (Phi) is 5.86. The third-order valence-corrected chi connectivity index (χ3v) is 5.55. The predicted octanol–water partition coefficient (Wildman–Crippen LogP) is 4.62. The molecule has 4 rings (SSSR count). The zero-order valence-corrected chi connectivity index (χ0v) is 17.8. The summed E-state index contributed by atoms with van der Waals surface area (Å²) in [6.07, 6.45) is 0. The van der Waals surface area contributed by atoms with E-state index in [1.54, 1.807) is 0 Å². The van der Waals surface area contributed by atoms with Crippen LogP contribution in [0.2, 0.25) is 0 Å². The fourth-order valence-electron chi connectivity index (χ4n) is 3.98. The van der Waals surface area contributed by atoms with Crippen molar-refractivity contribution in [2.24, 2.45) is 0 Å². The average molecular weight is 405 g/mol. The molecule has 1 aliphatic rings. The lowest BCUT2D eigenvalue weighted by Crippen LogP contribution is -2.49. The number of carbonyl (C=O) groups excluding carboxylic acids is 1. The van der Waals surface area contributed by atoms with E-state index in [0.717, 1.165) is 59.0 Å². The molecule has 30 heavy (non-hydrogen) atoms. The van der Waals surface area contributed by atoms with Gasteiger partial charge >= 0.3 is 6.03 Å². The molecular weight excluding hydrogens is 376 g/mol. The summed E-state index contributed by atoms with van der Waals surface area (Å²) >= 11 is 0. The molecule has 2 aromatic carbocycles. The molecule has 0 aliphatic carbocycles. The van der Waals surface area contributed by atoms with Gasteiger partial charge in [0.1, 0.15) is 11.5 Å². The standard InChI is InChI=1S/C24H28N4O2/c1-17-13-18(2)15-21(14-17)25-24(29)28-11-9-27(10-12-28)16-22-19(3)30-26-23(22)20-7-5-4-6-8-20/h4-8,13-15H,9-12,16H2,1-3H3,(H,25,29). The zero-order valence-electron chi connectivity index (χ0n) is 17.8. The highest BCUT2D eigenvalue weighted by atomic mass is 16.5. The molecule has 2 heterocycles. The number of aryl methyl sites for hydroxylation is 3. The summed E-state index contributed by atoms with van der Waals surface area (Å²) in [5.74, 6) is 0.851. The molecule has 0 saturated carbocycles. The lowest BCUT2D eigenvalue weighted by molar-refractivity contribution is 0.142. The Bertz CT molecular complexity index is 1000. The van der Waals surface area contributed by atoms with Crippen LogP contribution in [-0.2, 0) is 6.54 Å². The topological polar surface area (TPSA) is 61.6 Å². The van der Waals surface area contributed by atoms with Crippen LogP contribution in [0.5, 0.6) is 0 Å². The van der Waals surface area contributed by atoms with Gasteiger partial charge in [0.05, 0.1) is 0 Å². The van der Waals surface area contributed by atoms with Gasteiger partial charge < -0.3 is 14.7 Å². The van der Waals surface area contributed by atoms with Crippen LogP contribution in [0.15, 0.2) is 53.1 Å². The maximum Gasteiger partial charge on any atom is 0.321 e. The Balaban J connectivity index is 1.36. The smallest absolute Gasteiger partial charge is 0.321 e. The van der Waals surface area contributed by atoms with Crippen LogP contribution in [0.4, 0.5) is 10.5 Å². The van der Waals surface area contributed by atoms with Crippen molar-refractivity contribution in [3.05, 3.63) is 71.0 Å². The summed E-state index contributed by atoms with van der Waals surface area (Å²) < 4.78 is 5.49. The van der Waals surface area contributed by atoms with E-state index in [1.165, 1.54) is 0 Å². The van der Waals surface area contributed by atoms with E-state index >= 15 is 0 Å². The van der Waals surface area contributed by atoms with E-state index in [9.17, 15) is 4.79 Å². The zero-order chi connectivity index (χ0) is 21.1. The highest BCUT2D eigenvalue weighted by molar-refractivity contribution is 5.89. The van der Waals surface area contributed by atoms with Gasteiger partial charge in [0.2, 0.25) is 0 Å². The normalized spacial score (nSPS) is 14.7. The summed E-state index contributed by atoms with van der Waals surface area (Å²) in [5, 5.41) is 7.32. The van der Waals surface area contributed by atoms with Crippen molar-refractivity contribution in [3.8, 4) is 11.3 Å². The van der Waals surface area contributed by atoms with Crippen LogP contribution in [0.1, 0.15) is 22.5 Å². The lowest BCUT2D eigenvalue weighted by atomic mass is 10.1. The van der Waals surface area contributed by atoms with Crippen LogP contribution in [0.3, 0.4) is 0 Å². The van der Waals surface area contributed by atoms with Gasteiger partial charge in [-0.3, -0.25) is 4.90 Å². The second-order valence-electron chi connectivity index (χ2n) is 8.00. The molecular formula is C24H28N4O2. The molecule has 6 heteroatoms. The number of urea groups is 1. The molecule has 3 aromatic rings. The average Bonchev–Trinajstić information content (AvgIpc) is 3.08. The van der Waals surface area contributed by atoms with Gasteiger partial charge in [-0.2, -0.15) is 0 Å². The second-order valence-corrected chi connectivity index (χ2v) is 8.00. The Morgan fingerprint density at radius 2 is 1.67 bits per heavy atom. The molecule has 0 atom stereocenters. The number of amides is 2. The van der Waals surface area contributed by atoms with E-state index in [4.69, 9.17) is 4.52 Å². The van der Waals surface area contributed by atoms with Gasteiger partial charge in [0.25, 0.3) is 0 Å². The number of benzene rings is 2. The molecule has 1 aliphatic heterocycles. The van der Waals surface area contributed by atoms with E-state index in [1.807, 2.05) is 56.0 Å². The molecule has 6 nitrogen and oxygen atoms in total. The number of nitrogens with one attached hydrogen (secondary N) is 1. The van der Waals surface area contributed by atoms with E-state index < -0.39 is 0 Å². The number of piperazine rings is 1. The summed E-state index contributed by atoms with van der Waals surface area (Å²) in [7, 11) is 0. The summed E-state index contributed by atoms with van der Waals surface area (Å²) in [4.78, 5) is 16.9. The fourth-order valence-corrected chi connectivity index (χ4v) is 3.98. The van der Waals surface area contributed by atoms with Crippen LogP contribution in [0, 0.1) is 20.8 Å². The third-order valence-electron chi connectivity index (χ3n) is 5.55. The first-order chi connectivity index (χ1) is 14.5. The number of nitrogens with zero attached hydrogens (tertiary/aromatic N) is 3. The van der Waals surface area contributed by atoms with E-state index in [0.29, 0.717) is 13.1 Å². The van der Waals surface area contributed by atoms with Crippen molar-refractivity contribution in [2.45, 2.75) is 27.3 Å². The number of rotatable bonds is 4. The Labute approximate surface area is 177 Å². The van der Waals surface area contributed by atoms with Gasteiger partial charge in [-0.25, -0.2) is 4.79 Å². The van der Waals surface area contributed by atoms with Crippen molar-refractivity contribution in [3.63, 3.8) is 0 Å². The van der Waals surface area contributed by atoms with Crippen LogP contribution < -0.4 is 5.32 Å². The van der Waals surface area contributed by atoms with E-state index in [2.05, 4.69) is 33.6 Å². The highest BCUT2D eigenvalue weighted by Gasteiger charge is 2.24. The maximum atomic E-state index is 12.7. The molecule has 1 fully saturated rings. The molecule has 1 aromatic heterocycles. The number of hydrogen-bond donors (Lipinski definition) is 1. The first-order valence-corrected chi connectivity index (χ1v) is 10.4. The highest BCUT2D eigenvalue weighted by Crippen LogP contribution is 2.26. The first-order valence-electron chi connectivity index (χ1n) is 10.4. The number of aromatic nitrogens is 1. The van der Waals surface area contributed by atoms with Gasteiger partial charge in [-0.15, -0.1) is 0 Å². The van der Waals surface area contributed by atoms with Gasteiger partial charge in [-0.05, 0) is 44.0 Å². The molecule has 2 amide bonds. The minimum absolute atomic E-state index is 0.0363.